The van der Waals surface area contributed by atoms with Crippen molar-refractivity contribution in [3.63, 3.8) is 0 Å². The lowest BCUT2D eigenvalue weighted by Gasteiger charge is -2.12. The van der Waals surface area contributed by atoms with Crippen LogP contribution in [0.15, 0.2) is 40.9 Å². The smallest absolute Gasteiger partial charge is 0.259 e. The highest BCUT2D eigenvalue weighted by Crippen LogP contribution is 2.28. The molecular weight excluding hydrogens is 389 g/mol. The molecule has 116 valence electrons. The summed E-state index contributed by atoms with van der Waals surface area (Å²) in [5.74, 6) is 0.240. The molecule has 2 aromatic rings. The van der Waals surface area contributed by atoms with Crippen molar-refractivity contribution in [1.82, 2.24) is 0 Å². The average molecular weight is 403 g/mol. The van der Waals surface area contributed by atoms with Gasteiger partial charge in [-0.25, -0.2) is 0 Å². The van der Waals surface area contributed by atoms with Crippen LogP contribution in [-0.2, 0) is 0 Å². The summed E-state index contributed by atoms with van der Waals surface area (Å²) in [6.45, 7) is 2.55. The summed E-state index contributed by atoms with van der Waals surface area (Å²) >= 11 is 15.3. The molecule has 3 nitrogen and oxygen atoms in total. The summed E-state index contributed by atoms with van der Waals surface area (Å²) in [5, 5.41) is 3.66. The van der Waals surface area contributed by atoms with E-state index in [-0.39, 0.29) is 5.91 Å². The van der Waals surface area contributed by atoms with Crippen LogP contribution in [0.25, 0.3) is 0 Å². The lowest BCUT2D eigenvalue weighted by molar-refractivity contribution is 0.102. The third kappa shape index (κ3) is 4.38. The first kappa shape index (κ1) is 17.1. The zero-order chi connectivity index (χ0) is 16.1. The average Bonchev–Trinajstić information content (AvgIpc) is 2.48. The lowest BCUT2D eigenvalue weighted by Crippen LogP contribution is -2.14. The topological polar surface area (TPSA) is 38.3 Å². The molecule has 6 heteroatoms. The lowest BCUT2D eigenvalue weighted by atomic mass is 10.2. The molecule has 0 heterocycles. The van der Waals surface area contributed by atoms with Crippen LogP contribution in [0, 0.1) is 0 Å². The second kappa shape index (κ2) is 7.86. The first-order valence-corrected chi connectivity index (χ1v) is 8.25. The van der Waals surface area contributed by atoms with E-state index < -0.39 is 0 Å². The third-order valence-electron chi connectivity index (χ3n) is 2.83. The molecule has 1 N–H and O–H groups in total. The Morgan fingerprint density at radius 3 is 2.68 bits per heavy atom. The second-order valence-electron chi connectivity index (χ2n) is 4.57. The molecule has 0 fully saturated rings. The summed E-state index contributed by atoms with van der Waals surface area (Å²) < 4.78 is 6.41. The van der Waals surface area contributed by atoms with Gasteiger partial charge in [0.05, 0.1) is 22.9 Å². The van der Waals surface area contributed by atoms with Crippen molar-refractivity contribution in [3.05, 3.63) is 56.5 Å². The Morgan fingerprint density at radius 2 is 2.00 bits per heavy atom. The number of anilines is 1. The highest BCUT2D eigenvalue weighted by Gasteiger charge is 2.15. The molecule has 0 aliphatic carbocycles. The number of carbonyl (C=O) groups is 1. The van der Waals surface area contributed by atoms with Crippen molar-refractivity contribution >= 4 is 50.7 Å². The molecule has 0 spiro atoms. The fraction of sp³-hybridized carbons (Fsp3) is 0.188. The van der Waals surface area contributed by atoms with E-state index in [1.807, 2.05) is 13.0 Å². The number of amides is 1. The highest BCUT2D eigenvalue weighted by atomic mass is 79.9. The van der Waals surface area contributed by atoms with Crippen molar-refractivity contribution in [2.24, 2.45) is 0 Å². The minimum absolute atomic E-state index is 0.295. The summed E-state index contributed by atoms with van der Waals surface area (Å²) in [7, 11) is 0. The quantitative estimate of drug-likeness (QED) is 0.686. The number of carbonyl (C=O) groups excluding carboxylic acids is 1. The predicted molar refractivity (Wildman–Crippen MR) is 94.3 cm³/mol. The van der Waals surface area contributed by atoms with E-state index >= 15 is 0 Å². The van der Waals surface area contributed by atoms with E-state index in [0.29, 0.717) is 33.7 Å². The van der Waals surface area contributed by atoms with E-state index in [4.69, 9.17) is 27.9 Å². The van der Waals surface area contributed by atoms with Gasteiger partial charge in [-0.1, -0.05) is 46.1 Å². The van der Waals surface area contributed by atoms with Crippen molar-refractivity contribution in [2.75, 3.05) is 11.9 Å². The molecule has 0 aliphatic rings. The number of hydrogen-bond acceptors (Lipinski definition) is 2. The number of halogens is 3. The van der Waals surface area contributed by atoms with Gasteiger partial charge in [-0.15, -0.1) is 0 Å². The minimum atomic E-state index is -0.295. The first-order chi connectivity index (χ1) is 10.5. The van der Waals surface area contributed by atoms with Gasteiger partial charge in [-0.3, -0.25) is 4.79 Å². The Kier molecular flexibility index (Phi) is 6.12. The number of nitrogens with one attached hydrogen (secondary N) is 1. The fourth-order valence-electron chi connectivity index (χ4n) is 1.80. The second-order valence-corrected chi connectivity index (χ2v) is 6.33. The third-order valence-corrected chi connectivity index (χ3v) is 3.87. The van der Waals surface area contributed by atoms with Crippen LogP contribution in [0.1, 0.15) is 23.7 Å². The SMILES string of the molecule is CCCOc1ccc(Br)cc1C(=O)Nc1ccc(Cl)cc1Cl. The van der Waals surface area contributed by atoms with Crippen LogP contribution in [0.4, 0.5) is 5.69 Å². The highest BCUT2D eigenvalue weighted by molar-refractivity contribution is 9.10. The predicted octanol–water partition coefficient (Wildman–Crippen LogP) is 5.80. The number of ether oxygens (including phenoxy) is 1. The summed E-state index contributed by atoms with van der Waals surface area (Å²) in [5.41, 5.74) is 0.936. The van der Waals surface area contributed by atoms with E-state index in [1.165, 1.54) is 0 Å². The van der Waals surface area contributed by atoms with Gasteiger partial charge in [-0.2, -0.15) is 0 Å². The molecule has 0 saturated carbocycles. The standard InChI is InChI=1S/C16H14BrCl2NO2/c1-2-7-22-15-6-3-10(17)8-12(15)16(21)20-14-5-4-11(18)9-13(14)19/h3-6,8-9H,2,7H2,1H3,(H,20,21). The van der Waals surface area contributed by atoms with Gasteiger partial charge in [0.25, 0.3) is 5.91 Å². The molecule has 1 amide bonds. The van der Waals surface area contributed by atoms with Crippen molar-refractivity contribution < 1.29 is 9.53 Å². The molecule has 0 saturated heterocycles. The zero-order valence-electron chi connectivity index (χ0n) is 11.8. The maximum atomic E-state index is 12.5. The zero-order valence-corrected chi connectivity index (χ0v) is 14.9. The Hall–Kier alpha value is -1.23. The molecule has 2 aromatic carbocycles. The van der Waals surface area contributed by atoms with Crippen molar-refractivity contribution in [2.45, 2.75) is 13.3 Å². The monoisotopic (exact) mass is 401 g/mol. The molecule has 0 aliphatic heterocycles. The summed E-state index contributed by atoms with van der Waals surface area (Å²) in [6, 6.07) is 10.2. The first-order valence-electron chi connectivity index (χ1n) is 6.70. The molecular formula is C16H14BrCl2NO2. The number of rotatable bonds is 5. The van der Waals surface area contributed by atoms with E-state index in [1.54, 1.807) is 30.3 Å². The number of benzene rings is 2. The van der Waals surface area contributed by atoms with Crippen LogP contribution in [-0.4, -0.2) is 12.5 Å². The van der Waals surface area contributed by atoms with Gasteiger partial charge in [0.1, 0.15) is 5.75 Å². The van der Waals surface area contributed by atoms with Crippen LogP contribution in [0.5, 0.6) is 5.75 Å². The van der Waals surface area contributed by atoms with E-state index in [0.717, 1.165) is 10.9 Å². The van der Waals surface area contributed by atoms with Gasteiger partial charge >= 0.3 is 0 Å². The van der Waals surface area contributed by atoms with Gasteiger partial charge < -0.3 is 10.1 Å². The van der Waals surface area contributed by atoms with Crippen LogP contribution < -0.4 is 10.1 Å². The maximum absolute atomic E-state index is 12.5. The van der Waals surface area contributed by atoms with Crippen molar-refractivity contribution in [1.29, 1.82) is 0 Å². The van der Waals surface area contributed by atoms with Gasteiger partial charge in [0.2, 0.25) is 0 Å². The van der Waals surface area contributed by atoms with Gasteiger partial charge in [0, 0.05) is 9.50 Å². The summed E-state index contributed by atoms with van der Waals surface area (Å²) in [6.07, 6.45) is 0.861. The molecule has 22 heavy (non-hydrogen) atoms. The summed E-state index contributed by atoms with van der Waals surface area (Å²) in [4.78, 5) is 12.5. The Labute approximate surface area is 147 Å². The Bertz CT molecular complexity index is 692. The molecule has 0 bridgehead atoms. The minimum Gasteiger partial charge on any atom is -0.493 e. The molecule has 0 atom stereocenters. The fourth-order valence-corrected chi connectivity index (χ4v) is 2.61. The van der Waals surface area contributed by atoms with Crippen LogP contribution in [0.2, 0.25) is 10.0 Å². The molecule has 0 unspecified atom stereocenters. The van der Waals surface area contributed by atoms with Crippen LogP contribution >= 0.6 is 39.1 Å². The largest absolute Gasteiger partial charge is 0.493 e. The maximum Gasteiger partial charge on any atom is 0.259 e. The Balaban J connectivity index is 2.26. The normalized spacial score (nSPS) is 10.4. The van der Waals surface area contributed by atoms with E-state index in [2.05, 4.69) is 21.2 Å². The molecule has 0 radical (unpaired) electrons. The number of hydrogen-bond donors (Lipinski definition) is 1. The Morgan fingerprint density at radius 1 is 1.23 bits per heavy atom. The van der Waals surface area contributed by atoms with E-state index in [9.17, 15) is 4.79 Å². The van der Waals surface area contributed by atoms with Crippen molar-refractivity contribution in [3.8, 4) is 5.75 Å². The van der Waals surface area contributed by atoms with Gasteiger partial charge in [0.15, 0.2) is 0 Å². The van der Waals surface area contributed by atoms with Crippen LogP contribution in [0.3, 0.4) is 0 Å². The van der Waals surface area contributed by atoms with Gasteiger partial charge in [-0.05, 0) is 42.8 Å². The molecule has 0 aromatic heterocycles. The molecule has 2 rings (SSSR count).